The fourth-order valence-corrected chi connectivity index (χ4v) is 3.71. The van der Waals surface area contributed by atoms with Crippen molar-refractivity contribution in [3.05, 3.63) is 87.9 Å². The average molecular weight is 459 g/mol. The highest BCUT2D eigenvalue weighted by Gasteiger charge is 2.23. The highest BCUT2D eigenvalue weighted by Crippen LogP contribution is 2.31. The number of hydrogen-bond donors (Lipinski definition) is 1. The SMILES string of the molecule is COc1ccc(CN(C(=O)Nc2ccc(Cl)cc2Cl)C(C)c2ccccc2)cc1OC. The number of rotatable bonds is 7. The van der Waals surface area contributed by atoms with Crippen molar-refractivity contribution in [1.82, 2.24) is 4.90 Å². The monoisotopic (exact) mass is 458 g/mol. The number of amides is 2. The standard InChI is InChI=1S/C24H24Cl2N2O3/c1-16(18-7-5-4-6-8-18)28(15-17-9-12-22(30-2)23(13-17)31-3)24(29)27-21-11-10-19(25)14-20(21)26/h4-14,16H,15H2,1-3H3,(H,27,29). The summed E-state index contributed by atoms with van der Waals surface area (Å²) < 4.78 is 10.7. The van der Waals surface area contributed by atoms with Crippen LogP contribution in [0.3, 0.4) is 0 Å². The van der Waals surface area contributed by atoms with Crippen LogP contribution in [0.1, 0.15) is 24.1 Å². The highest BCUT2D eigenvalue weighted by atomic mass is 35.5. The molecule has 0 heterocycles. The number of carbonyl (C=O) groups excluding carboxylic acids is 1. The van der Waals surface area contributed by atoms with Crippen molar-refractivity contribution >= 4 is 34.9 Å². The molecule has 3 aromatic rings. The van der Waals surface area contributed by atoms with Crippen LogP contribution in [0, 0.1) is 0 Å². The molecule has 0 fully saturated rings. The third kappa shape index (κ3) is 5.63. The van der Waals surface area contributed by atoms with E-state index in [1.807, 2.05) is 55.5 Å². The van der Waals surface area contributed by atoms with Crippen molar-refractivity contribution in [2.24, 2.45) is 0 Å². The summed E-state index contributed by atoms with van der Waals surface area (Å²) in [6, 6.07) is 19.9. The maximum atomic E-state index is 13.3. The summed E-state index contributed by atoms with van der Waals surface area (Å²) in [6.45, 7) is 2.34. The zero-order valence-electron chi connectivity index (χ0n) is 17.6. The Morgan fingerprint density at radius 1 is 0.968 bits per heavy atom. The van der Waals surface area contributed by atoms with Crippen LogP contribution >= 0.6 is 23.2 Å². The van der Waals surface area contributed by atoms with Crippen molar-refractivity contribution in [3.8, 4) is 11.5 Å². The van der Waals surface area contributed by atoms with Crippen LogP contribution in [0.2, 0.25) is 10.0 Å². The first-order valence-corrected chi connectivity index (χ1v) is 10.5. The molecule has 0 aliphatic carbocycles. The largest absolute Gasteiger partial charge is 0.493 e. The van der Waals surface area contributed by atoms with Gasteiger partial charge in [-0.25, -0.2) is 4.79 Å². The van der Waals surface area contributed by atoms with E-state index in [-0.39, 0.29) is 12.1 Å². The van der Waals surface area contributed by atoms with Gasteiger partial charge in [0.1, 0.15) is 0 Å². The van der Waals surface area contributed by atoms with Gasteiger partial charge in [0.05, 0.1) is 31.0 Å². The lowest BCUT2D eigenvalue weighted by atomic mass is 10.1. The van der Waals surface area contributed by atoms with Crippen molar-refractivity contribution in [2.45, 2.75) is 19.5 Å². The minimum absolute atomic E-state index is 0.194. The minimum Gasteiger partial charge on any atom is -0.493 e. The van der Waals surface area contributed by atoms with Crippen LogP contribution in [0.5, 0.6) is 11.5 Å². The lowest BCUT2D eigenvalue weighted by molar-refractivity contribution is 0.189. The Morgan fingerprint density at radius 3 is 2.32 bits per heavy atom. The third-order valence-corrected chi connectivity index (χ3v) is 5.53. The first-order valence-electron chi connectivity index (χ1n) is 9.71. The van der Waals surface area contributed by atoms with Gasteiger partial charge in [0.25, 0.3) is 0 Å². The van der Waals surface area contributed by atoms with Crippen LogP contribution < -0.4 is 14.8 Å². The first-order chi connectivity index (χ1) is 14.9. The molecule has 31 heavy (non-hydrogen) atoms. The van der Waals surface area contributed by atoms with Crippen LogP contribution in [0.25, 0.3) is 0 Å². The van der Waals surface area contributed by atoms with Crippen LogP contribution in [0.4, 0.5) is 10.5 Å². The average Bonchev–Trinajstić information content (AvgIpc) is 2.79. The van der Waals surface area contributed by atoms with Crippen LogP contribution in [-0.4, -0.2) is 25.2 Å². The Balaban J connectivity index is 1.91. The number of hydrogen-bond acceptors (Lipinski definition) is 3. The van der Waals surface area contributed by atoms with Crippen LogP contribution in [-0.2, 0) is 6.54 Å². The molecule has 7 heteroatoms. The van der Waals surface area contributed by atoms with E-state index in [0.29, 0.717) is 33.8 Å². The third-order valence-electron chi connectivity index (χ3n) is 4.98. The molecule has 0 aliphatic rings. The van der Waals surface area contributed by atoms with Crippen molar-refractivity contribution < 1.29 is 14.3 Å². The normalized spacial score (nSPS) is 11.5. The molecule has 2 amide bonds. The van der Waals surface area contributed by atoms with Gasteiger partial charge in [-0.2, -0.15) is 0 Å². The number of halogens is 2. The van der Waals surface area contributed by atoms with Crippen LogP contribution in [0.15, 0.2) is 66.7 Å². The van der Waals surface area contributed by atoms with Gasteiger partial charge < -0.3 is 19.7 Å². The number of urea groups is 1. The van der Waals surface area contributed by atoms with E-state index in [4.69, 9.17) is 32.7 Å². The van der Waals surface area contributed by atoms with Crippen molar-refractivity contribution in [3.63, 3.8) is 0 Å². The molecule has 1 unspecified atom stereocenters. The Hall–Kier alpha value is -2.89. The molecular weight excluding hydrogens is 435 g/mol. The van der Waals surface area contributed by atoms with Gasteiger partial charge in [0, 0.05) is 11.6 Å². The van der Waals surface area contributed by atoms with Crippen molar-refractivity contribution in [2.75, 3.05) is 19.5 Å². The molecule has 3 aromatic carbocycles. The van der Waals surface area contributed by atoms with Gasteiger partial charge in [0.15, 0.2) is 11.5 Å². The molecular formula is C24H24Cl2N2O3. The van der Waals surface area contributed by atoms with Gasteiger partial charge >= 0.3 is 6.03 Å². The minimum atomic E-state index is -0.282. The number of carbonyl (C=O) groups is 1. The lowest BCUT2D eigenvalue weighted by Gasteiger charge is -2.30. The number of nitrogens with one attached hydrogen (secondary N) is 1. The Labute approximate surface area is 192 Å². The number of ether oxygens (including phenoxy) is 2. The Morgan fingerprint density at radius 2 is 1.68 bits per heavy atom. The molecule has 0 saturated heterocycles. The second kappa shape index (κ2) is 10.4. The zero-order valence-corrected chi connectivity index (χ0v) is 19.1. The zero-order chi connectivity index (χ0) is 22.4. The van der Waals surface area contributed by atoms with E-state index < -0.39 is 0 Å². The van der Waals surface area contributed by atoms with E-state index >= 15 is 0 Å². The summed E-state index contributed by atoms with van der Waals surface area (Å²) in [7, 11) is 3.17. The fourth-order valence-electron chi connectivity index (χ4n) is 3.25. The van der Waals surface area contributed by atoms with Gasteiger partial charge in [-0.15, -0.1) is 0 Å². The Bertz CT molecular complexity index is 1040. The number of benzene rings is 3. The summed E-state index contributed by atoms with van der Waals surface area (Å²) in [5, 5.41) is 3.78. The number of anilines is 1. The molecule has 0 saturated carbocycles. The number of nitrogens with zero attached hydrogens (tertiary/aromatic N) is 1. The second-order valence-electron chi connectivity index (χ2n) is 6.96. The molecule has 3 rings (SSSR count). The predicted octanol–water partition coefficient (Wildman–Crippen LogP) is 6.81. The highest BCUT2D eigenvalue weighted by molar-refractivity contribution is 6.36. The van der Waals surface area contributed by atoms with Gasteiger partial charge in [0.2, 0.25) is 0 Å². The summed E-state index contributed by atoms with van der Waals surface area (Å²) in [5.41, 5.74) is 2.41. The van der Waals surface area contributed by atoms with E-state index in [9.17, 15) is 4.79 Å². The molecule has 1 N–H and O–H groups in total. The molecule has 162 valence electrons. The predicted molar refractivity (Wildman–Crippen MR) is 125 cm³/mol. The maximum absolute atomic E-state index is 13.3. The van der Waals surface area contributed by atoms with Crippen molar-refractivity contribution in [1.29, 1.82) is 0 Å². The fraction of sp³-hybridized carbons (Fsp3) is 0.208. The summed E-state index contributed by atoms with van der Waals surface area (Å²) in [6.07, 6.45) is 0. The molecule has 0 radical (unpaired) electrons. The van der Waals surface area contributed by atoms with Gasteiger partial charge in [-0.3, -0.25) is 0 Å². The smallest absolute Gasteiger partial charge is 0.322 e. The molecule has 0 aromatic heterocycles. The topological polar surface area (TPSA) is 50.8 Å². The molecule has 0 aliphatic heterocycles. The van der Waals surface area contributed by atoms with E-state index in [1.165, 1.54) is 0 Å². The van der Waals surface area contributed by atoms with E-state index in [2.05, 4.69) is 5.32 Å². The summed E-state index contributed by atoms with van der Waals surface area (Å²) in [4.78, 5) is 15.1. The van der Waals surface area contributed by atoms with E-state index in [0.717, 1.165) is 11.1 Å². The molecule has 0 bridgehead atoms. The first kappa shape index (κ1) is 22.8. The second-order valence-corrected chi connectivity index (χ2v) is 7.80. The van der Waals surface area contributed by atoms with E-state index in [1.54, 1.807) is 37.3 Å². The lowest BCUT2D eigenvalue weighted by Crippen LogP contribution is -2.36. The summed E-state index contributed by atoms with van der Waals surface area (Å²) >= 11 is 12.2. The maximum Gasteiger partial charge on any atom is 0.322 e. The quantitative estimate of drug-likeness (QED) is 0.423. The number of methoxy groups -OCH3 is 2. The molecule has 0 spiro atoms. The van der Waals surface area contributed by atoms with Gasteiger partial charge in [-0.05, 0) is 48.4 Å². The molecule has 1 atom stereocenters. The summed E-state index contributed by atoms with van der Waals surface area (Å²) in [5.74, 6) is 1.24. The van der Waals surface area contributed by atoms with Gasteiger partial charge in [-0.1, -0.05) is 59.6 Å². The Kier molecular flexibility index (Phi) is 7.66. The molecule has 5 nitrogen and oxygen atoms in total.